The lowest BCUT2D eigenvalue weighted by Crippen LogP contribution is -2.30. The van der Waals surface area contributed by atoms with Crippen LogP contribution in [0.15, 0.2) is 146 Å². The maximum absolute atomic E-state index is 12.9. The van der Waals surface area contributed by atoms with Crippen molar-refractivity contribution in [1.29, 1.82) is 0 Å². The average molecular weight is 1110 g/mol. The second kappa shape index (κ2) is 66.8. The van der Waals surface area contributed by atoms with Crippen LogP contribution in [0.1, 0.15) is 284 Å². The van der Waals surface area contributed by atoms with Crippen molar-refractivity contribution in [3.05, 3.63) is 146 Å². The van der Waals surface area contributed by atoms with Gasteiger partial charge in [-0.05, 0) is 122 Å². The molecule has 0 bridgehead atoms. The van der Waals surface area contributed by atoms with Gasteiger partial charge in [0.2, 0.25) is 0 Å². The summed E-state index contributed by atoms with van der Waals surface area (Å²) in [4.78, 5) is 38.3. The summed E-state index contributed by atoms with van der Waals surface area (Å²) >= 11 is 0. The second-order valence-corrected chi connectivity index (χ2v) is 21.3. The van der Waals surface area contributed by atoms with Crippen LogP contribution in [-0.2, 0) is 28.6 Å². The second-order valence-electron chi connectivity index (χ2n) is 21.3. The first-order valence-electron chi connectivity index (χ1n) is 32.8. The molecular weight excluding hydrogens is 985 g/mol. The quantitative estimate of drug-likeness (QED) is 0.0261. The van der Waals surface area contributed by atoms with Gasteiger partial charge in [0.25, 0.3) is 0 Å². The minimum atomic E-state index is -0.802. The van der Waals surface area contributed by atoms with E-state index in [9.17, 15) is 14.4 Å². The highest BCUT2D eigenvalue weighted by Crippen LogP contribution is 2.16. The standard InChI is InChI=1S/C74H120O6/c1-4-7-10-13-16-19-22-24-26-28-30-32-34-36-37-39-40-42-44-46-48-50-52-55-58-61-64-67-73(76)79-70-71(69-78-72(75)66-63-60-57-54-21-18-15-12-9-6-3)80-74(77)68-65-62-59-56-53-51-49-47-45-43-41-38-35-33-31-29-27-25-23-20-17-14-11-8-5-2/h7-8,10-11,16-17,19-20,24-27,30-33,36-37,40,42,46,48,52,55,71H,4-6,9,12-15,18,21-23,28-29,34-35,38-39,41,43-45,47,49-51,53-54,56-70H2,1-3H3/b10-7-,11-8-,19-16-,20-17-,26-24-,27-25-,32-30-,33-31-,37-36-,42-40-,48-46-,55-52-. The van der Waals surface area contributed by atoms with E-state index in [1.807, 2.05) is 0 Å². The Morgan fingerprint density at radius 2 is 0.487 bits per heavy atom. The lowest BCUT2D eigenvalue weighted by molar-refractivity contribution is -0.167. The molecule has 0 rings (SSSR count). The Hall–Kier alpha value is -4.71. The fourth-order valence-electron chi connectivity index (χ4n) is 8.74. The minimum Gasteiger partial charge on any atom is -0.462 e. The summed E-state index contributed by atoms with van der Waals surface area (Å²) in [5.41, 5.74) is 0. The van der Waals surface area contributed by atoms with E-state index in [4.69, 9.17) is 14.2 Å². The number of allylic oxidation sites excluding steroid dienone is 24. The Labute approximate surface area is 493 Å². The van der Waals surface area contributed by atoms with Gasteiger partial charge in [0, 0.05) is 19.3 Å². The molecule has 1 atom stereocenters. The molecular formula is C74H120O6. The van der Waals surface area contributed by atoms with Crippen LogP contribution in [0.4, 0.5) is 0 Å². The Bertz CT molecular complexity index is 1750. The number of carbonyl (C=O) groups is 3. The summed E-state index contributed by atoms with van der Waals surface area (Å²) in [5, 5.41) is 0. The highest BCUT2D eigenvalue weighted by Gasteiger charge is 2.19. The van der Waals surface area contributed by atoms with E-state index >= 15 is 0 Å². The van der Waals surface area contributed by atoms with Crippen LogP contribution >= 0.6 is 0 Å². The highest BCUT2D eigenvalue weighted by atomic mass is 16.6. The van der Waals surface area contributed by atoms with E-state index in [0.717, 1.165) is 128 Å². The molecule has 0 aromatic heterocycles. The van der Waals surface area contributed by atoms with Crippen LogP contribution in [0.25, 0.3) is 0 Å². The molecule has 0 aliphatic rings. The minimum absolute atomic E-state index is 0.0950. The zero-order valence-corrected chi connectivity index (χ0v) is 51.8. The number of ether oxygens (including phenoxy) is 3. The molecule has 1 unspecified atom stereocenters. The normalized spacial score (nSPS) is 13.1. The topological polar surface area (TPSA) is 78.9 Å². The van der Waals surface area contributed by atoms with Crippen molar-refractivity contribution in [3.63, 3.8) is 0 Å². The van der Waals surface area contributed by atoms with E-state index in [-0.39, 0.29) is 31.1 Å². The molecule has 0 saturated carbocycles. The number of unbranched alkanes of at least 4 members (excludes halogenated alkanes) is 23. The summed E-state index contributed by atoms with van der Waals surface area (Å²) in [6.45, 7) is 6.37. The van der Waals surface area contributed by atoms with Gasteiger partial charge in [0.1, 0.15) is 13.2 Å². The average Bonchev–Trinajstić information content (AvgIpc) is 3.46. The van der Waals surface area contributed by atoms with Gasteiger partial charge >= 0.3 is 17.9 Å². The van der Waals surface area contributed by atoms with Gasteiger partial charge in [0.15, 0.2) is 6.10 Å². The predicted octanol–water partition coefficient (Wildman–Crippen LogP) is 22.7. The third kappa shape index (κ3) is 64.1. The maximum Gasteiger partial charge on any atom is 0.306 e. The molecule has 6 nitrogen and oxygen atoms in total. The van der Waals surface area contributed by atoms with Gasteiger partial charge in [-0.2, -0.15) is 0 Å². The molecule has 0 saturated heterocycles. The number of hydrogen-bond acceptors (Lipinski definition) is 6. The summed E-state index contributed by atoms with van der Waals surface area (Å²) in [5.74, 6) is -0.943. The number of carbonyl (C=O) groups excluding carboxylic acids is 3. The Morgan fingerprint density at radius 3 is 0.787 bits per heavy atom. The molecule has 452 valence electrons. The molecule has 6 heteroatoms. The van der Waals surface area contributed by atoms with Crippen molar-refractivity contribution in [1.82, 2.24) is 0 Å². The number of rotatable bonds is 58. The van der Waals surface area contributed by atoms with Crippen LogP contribution in [-0.4, -0.2) is 37.2 Å². The van der Waals surface area contributed by atoms with Gasteiger partial charge in [0.05, 0.1) is 0 Å². The van der Waals surface area contributed by atoms with E-state index < -0.39 is 6.10 Å². The SMILES string of the molecule is CC/C=C\C/C=C\C/C=C\C/C=C\C/C=C\C/C=C\C/C=C\C/C=C\CCCCC(=O)OCC(COC(=O)CCCCCCCCCCCC)OC(=O)CCCCCCCCCCCCCC/C=C\C/C=C\C/C=C\C/C=C\CC. The Kier molecular flexibility index (Phi) is 62.9. The van der Waals surface area contributed by atoms with Crippen LogP contribution in [0, 0.1) is 0 Å². The van der Waals surface area contributed by atoms with Gasteiger partial charge < -0.3 is 14.2 Å². The van der Waals surface area contributed by atoms with Crippen LogP contribution in [0.5, 0.6) is 0 Å². The molecule has 0 aliphatic carbocycles. The smallest absolute Gasteiger partial charge is 0.306 e. The van der Waals surface area contributed by atoms with Gasteiger partial charge in [-0.15, -0.1) is 0 Å². The molecule has 0 aromatic carbocycles. The summed E-state index contributed by atoms with van der Waals surface area (Å²) in [7, 11) is 0. The predicted molar refractivity (Wildman–Crippen MR) is 348 cm³/mol. The largest absolute Gasteiger partial charge is 0.462 e. The molecule has 0 amide bonds. The lowest BCUT2D eigenvalue weighted by Gasteiger charge is -2.18. The van der Waals surface area contributed by atoms with Gasteiger partial charge in [-0.25, -0.2) is 0 Å². The molecule has 0 aromatic rings. The third-order valence-electron chi connectivity index (χ3n) is 13.6. The van der Waals surface area contributed by atoms with E-state index in [1.54, 1.807) is 0 Å². The Balaban J connectivity index is 4.35. The third-order valence-corrected chi connectivity index (χ3v) is 13.6. The molecule has 80 heavy (non-hydrogen) atoms. The van der Waals surface area contributed by atoms with E-state index in [2.05, 4.69) is 167 Å². The molecule has 0 N–H and O–H groups in total. The van der Waals surface area contributed by atoms with Gasteiger partial charge in [-0.3, -0.25) is 14.4 Å². The lowest BCUT2D eigenvalue weighted by atomic mass is 10.0. The van der Waals surface area contributed by atoms with Crippen molar-refractivity contribution in [3.8, 4) is 0 Å². The molecule has 0 heterocycles. The Morgan fingerprint density at radius 1 is 0.263 bits per heavy atom. The molecule has 0 radical (unpaired) electrons. The molecule has 0 aliphatic heterocycles. The zero-order chi connectivity index (χ0) is 57.8. The molecule has 0 fully saturated rings. The van der Waals surface area contributed by atoms with Crippen LogP contribution in [0.3, 0.4) is 0 Å². The van der Waals surface area contributed by atoms with Crippen molar-refractivity contribution in [2.45, 2.75) is 290 Å². The monoisotopic (exact) mass is 1100 g/mol. The van der Waals surface area contributed by atoms with Crippen molar-refractivity contribution < 1.29 is 28.6 Å². The first-order chi connectivity index (χ1) is 39.5. The summed E-state index contributed by atoms with van der Waals surface area (Å²) in [6, 6.07) is 0. The van der Waals surface area contributed by atoms with Crippen LogP contribution in [0.2, 0.25) is 0 Å². The van der Waals surface area contributed by atoms with Gasteiger partial charge in [-0.1, -0.05) is 289 Å². The number of hydrogen-bond donors (Lipinski definition) is 0. The first kappa shape index (κ1) is 75.3. The van der Waals surface area contributed by atoms with Crippen molar-refractivity contribution in [2.24, 2.45) is 0 Å². The van der Waals surface area contributed by atoms with E-state index in [0.29, 0.717) is 25.7 Å². The summed E-state index contributed by atoms with van der Waals surface area (Å²) in [6.07, 6.45) is 95.8. The van der Waals surface area contributed by atoms with Crippen molar-refractivity contribution >= 4 is 17.9 Å². The van der Waals surface area contributed by atoms with E-state index in [1.165, 1.54) is 109 Å². The summed E-state index contributed by atoms with van der Waals surface area (Å²) < 4.78 is 16.9. The van der Waals surface area contributed by atoms with Crippen molar-refractivity contribution in [2.75, 3.05) is 13.2 Å². The van der Waals surface area contributed by atoms with Crippen LogP contribution < -0.4 is 0 Å². The zero-order valence-electron chi connectivity index (χ0n) is 51.8. The highest BCUT2D eigenvalue weighted by molar-refractivity contribution is 5.71. The maximum atomic E-state index is 12.9. The first-order valence-corrected chi connectivity index (χ1v) is 32.8. The molecule has 0 spiro atoms. The fourth-order valence-corrected chi connectivity index (χ4v) is 8.74. The number of esters is 3. The fraction of sp³-hybridized carbons (Fsp3) is 0.635.